The van der Waals surface area contributed by atoms with Crippen LogP contribution in [0.15, 0.2) is 0 Å². The highest BCUT2D eigenvalue weighted by atomic mass is 16.6. The molecule has 0 aromatic rings. The summed E-state index contributed by atoms with van der Waals surface area (Å²) in [6, 6.07) is 0. The Bertz CT molecular complexity index is 2100. The van der Waals surface area contributed by atoms with Crippen molar-refractivity contribution in [2.75, 3.05) is 13.2 Å². The zero-order chi connectivity index (χ0) is 64.3. The van der Waals surface area contributed by atoms with Gasteiger partial charge in [-0.1, -0.05) is 65.2 Å². The number of piperidine rings is 4. The van der Waals surface area contributed by atoms with Crippen LogP contribution in [0.2, 0.25) is 0 Å². The van der Waals surface area contributed by atoms with E-state index in [0.29, 0.717) is 83.5 Å². The van der Waals surface area contributed by atoms with Gasteiger partial charge in [0, 0.05) is 109 Å². The summed E-state index contributed by atoms with van der Waals surface area (Å²) in [5.41, 5.74) is -8.02. The molecule has 0 aliphatic carbocycles. The van der Waals surface area contributed by atoms with E-state index < -0.39 is 92.4 Å². The first-order valence-electron chi connectivity index (χ1n) is 32.5. The van der Waals surface area contributed by atoms with Gasteiger partial charge in [0.25, 0.3) is 0 Å². The lowest BCUT2D eigenvalue weighted by atomic mass is 9.77. The summed E-state index contributed by atoms with van der Waals surface area (Å²) >= 11 is 0. The standard InChI is InChI=1S/C66H118N4O15/c1-19-21-33-65(53(73)82-47-39-57(3,4)67-58(5,6)40-47,54(74)83-48-41-59(7,8)68(77)60(9,10)42-48)35-29-37-80-51(71)31-27-25-23-24-26-28-32-52(72)81-38-30-36-66(34-22-20-2,55(75)84-49-43-61(11,12)69(78)62(13,14)44-49)56(76)85-50-45-63(15,16)70(79)64(17,18)46-50/h47-50,67,77-79H,19-46H2,1-18H3. The van der Waals surface area contributed by atoms with Gasteiger partial charge in [-0.05, 0) is 162 Å². The summed E-state index contributed by atoms with van der Waals surface area (Å²) < 4.78 is 36.6. The lowest BCUT2D eigenvalue weighted by molar-refractivity contribution is -0.263. The van der Waals surface area contributed by atoms with Gasteiger partial charge in [0.1, 0.15) is 24.4 Å². The second kappa shape index (κ2) is 29.9. The maximum atomic E-state index is 14.7. The predicted octanol–water partition coefficient (Wildman–Crippen LogP) is 12.8. The molecule has 1 unspecified atom stereocenters. The molecule has 4 rings (SSSR count). The highest BCUT2D eigenvalue weighted by Gasteiger charge is 2.56. The Kier molecular flexibility index (Phi) is 26.0. The molecule has 1 atom stereocenters. The fourth-order valence-corrected chi connectivity index (χ4v) is 14.9. The molecule has 4 fully saturated rings. The van der Waals surface area contributed by atoms with E-state index in [9.17, 15) is 44.4 Å². The van der Waals surface area contributed by atoms with Gasteiger partial charge in [-0.15, -0.1) is 0 Å². The molecule has 0 bridgehead atoms. The molecule has 4 heterocycles. The minimum absolute atomic E-state index is 0.00662. The van der Waals surface area contributed by atoms with Gasteiger partial charge in [-0.3, -0.25) is 28.8 Å². The number of carbonyl (C=O) groups excluding carboxylic acids is 6. The van der Waals surface area contributed by atoms with E-state index >= 15 is 0 Å². The van der Waals surface area contributed by atoms with Crippen molar-refractivity contribution in [2.24, 2.45) is 10.8 Å². The van der Waals surface area contributed by atoms with Crippen LogP contribution in [0.4, 0.5) is 0 Å². The molecule has 0 aromatic carbocycles. The number of carbonyl (C=O) groups is 6. The molecule has 19 nitrogen and oxygen atoms in total. The molecule has 4 N–H and O–H groups in total. The quantitative estimate of drug-likeness (QED) is 0.0218. The van der Waals surface area contributed by atoms with Gasteiger partial charge in [0.05, 0.1) is 13.2 Å². The SMILES string of the molecule is CCCCC(CCCOC(=O)CCCCCCCCC(=O)OCCCC(CCCC)(C(=O)OC1CC(C)(C)N(O)C(C)(C)C1)C(=O)OC1CC(C)(C)N(O)C(C)(C)C1)(C(=O)OC1CC(C)(C)NC(C)(C)C1)C(=O)OC1CC(C)(C)N(O)C(C)(C)C1. The molecule has 0 radical (unpaired) electrons. The first-order valence-corrected chi connectivity index (χ1v) is 32.5. The van der Waals surface area contributed by atoms with Gasteiger partial charge in [0.2, 0.25) is 0 Å². The second-order valence-corrected chi connectivity index (χ2v) is 31.1. The summed E-state index contributed by atoms with van der Waals surface area (Å²) in [4.78, 5) is 84.6. The van der Waals surface area contributed by atoms with Crippen LogP contribution >= 0.6 is 0 Å². The van der Waals surface area contributed by atoms with Crippen LogP contribution in [0.1, 0.15) is 292 Å². The number of hydrogen-bond donors (Lipinski definition) is 4. The van der Waals surface area contributed by atoms with Gasteiger partial charge in [0.15, 0.2) is 10.8 Å². The summed E-state index contributed by atoms with van der Waals surface area (Å²) in [5.74, 6) is -3.28. The van der Waals surface area contributed by atoms with Gasteiger partial charge in [-0.25, -0.2) is 0 Å². The van der Waals surface area contributed by atoms with Crippen molar-refractivity contribution >= 4 is 35.8 Å². The molecule has 4 aliphatic rings. The van der Waals surface area contributed by atoms with Crippen LogP contribution in [0.3, 0.4) is 0 Å². The van der Waals surface area contributed by atoms with Crippen molar-refractivity contribution in [1.82, 2.24) is 20.5 Å². The van der Waals surface area contributed by atoms with Crippen LogP contribution in [0.5, 0.6) is 0 Å². The third kappa shape index (κ3) is 20.5. The number of hydrogen-bond acceptors (Lipinski definition) is 19. The van der Waals surface area contributed by atoms with E-state index in [1.54, 1.807) is 0 Å². The summed E-state index contributed by atoms with van der Waals surface area (Å²) in [7, 11) is 0. The largest absolute Gasteiger partial charge is 0.466 e. The first-order chi connectivity index (χ1) is 39.1. The monoisotopic (exact) mass is 1210 g/mol. The van der Waals surface area contributed by atoms with Gasteiger partial charge in [-0.2, -0.15) is 15.2 Å². The molecule has 492 valence electrons. The van der Waals surface area contributed by atoms with Gasteiger partial charge >= 0.3 is 35.8 Å². The summed E-state index contributed by atoms with van der Waals surface area (Å²) in [6.45, 7) is 35.1. The second-order valence-electron chi connectivity index (χ2n) is 31.1. The Morgan fingerprint density at radius 1 is 0.376 bits per heavy atom. The van der Waals surface area contributed by atoms with Crippen molar-refractivity contribution in [1.29, 1.82) is 0 Å². The molecular formula is C66H118N4O15. The van der Waals surface area contributed by atoms with Crippen LogP contribution in [-0.2, 0) is 57.2 Å². The maximum Gasteiger partial charge on any atom is 0.323 e. The van der Waals surface area contributed by atoms with Crippen LogP contribution < -0.4 is 5.32 Å². The van der Waals surface area contributed by atoms with Crippen LogP contribution in [-0.4, -0.2) is 149 Å². The van der Waals surface area contributed by atoms with Crippen molar-refractivity contribution in [2.45, 2.75) is 360 Å². The minimum atomic E-state index is -1.66. The molecular weight excluding hydrogens is 1090 g/mol. The smallest absolute Gasteiger partial charge is 0.323 e. The summed E-state index contributed by atoms with van der Waals surface area (Å²) in [6.07, 6.45) is 9.87. The van der Waals surface area contributed by atoms with Crippen molar-refractivity contribution in [3.05, 3.63) is 0 Å². The Balaban J connectivity index is 1.27. The molecule has 0 aromatic heterocycles. The van der Waals surface area contributed by atoms with Gasteiger partial charge < -0.3 is 49.4 Å². The van der Waals surface area contributed by atoms with E-state index in [1.807, 2.05) is 96.9 Å². The zero-order valence-corrected chi connectivity index (χ0v) is 56.2. The molecule has 0 amide bonds. The van der Waals surface area contributed by atoms with Crippen molar-refractivity contribution in [3.63, 3.8) is 0 Å². The number of rotatable bonds is 31. The van der Waals surface area contributed by atoms with E-state index in [0.717, 1.165) is 32.1 Å². The molecule has 85 heavy (non-hydrogen) atoms. The van der Waals surface area contributed by atoms with E-state index in [4.69, 9.17) is 28.4 Å². The fourth-order valence-electron chi connectivity index (χ4n) is 14.9. The fraction of sp³-hybridized carbons (Fsp3) is 0.909. The number of nitrogens with zero attached hydrogens (tertiary/aromatic N) is 3. The minimum Gasteiger partial charge on any atom is -0.466 e. The number of esters is 6. The zero-order valence-electron chi connectivity index (χ0n) is 56.2. The number of unbranched alkanes of at least 4 members (excludes halogenated alkanes) is 7. The maximum absolute atomic E-state index is 14.7. The normalized spacial score (nSPS) is 23.3. The Labute approximate surface area is 511 Å². The topological polar surface area (TPSA) is 240 Å². The first kappa shape index (κ1) is 74.0. The number of ether oxygens (including phenoxy) is 6. The molecule has 0 spiro atoms. The Hall–Kier alpha value is -3.46. The van der Waals surface area contributed by atoms with E-state index in [-0.39, 0.29) is 87.6 Å². The average Bonchev–Trinajstić information content (AvgIpc) is 1.12. The van der Waals surface area contributed by atoms with E-state index in [2.05, 4.69) is 33.0 Å². The third-order valence-electron chi connectivity index (χ3n) is 18.6. The van der Waals surface area contributed by atoms with Crippen molar-refractivity contribution < 1.29 is 72.8 Å². The highest BCUT2D eigenvalue weighted by molar-refractivity contribution is 6.01. The molecule has 4 saturated heterocycles. The third-order valence-corrected chi connectivity index (χ3v) is 18.6. The highest BCUT2D eigenvalue weighted by Crippen LogP contribution is 2.45. The van der Waals surface area contributed by atoms with Crippen LogP contribution in [0, 0.1) is 10.8 Å². The average molecular weight is 1210 g/mol. The number of nitrogens with one attached hydrogen (secondary N) is 1. The lowest BCUT2D eigenvalue weighted by Gasteiger charge is -2.51. The molecule has 0 saturated carbocycles. The van der Waals surface area contributed by atoms with Crippen molar-refractivity contribution in [3.8, 4) is 0 Å². The van der Waals surface area contributed by atoms with Crippen LogP contribution in [0.25, 0.3) is 0 Å². The molecule has 4 aliphatic heterocycles. The summed E-state index contributed by atoms with van der Waals surface area (Å²) in [5, 5.41) is 40.5. The lowest BCUT2D eigenvalue weighted by Crippen LogP contribution is -2.61. The Morgan fingerprint density at radius 3 is 0.871 bits per heavy atom. The molecule has 19 heteroatoms. The van der Waals surface area contributed by atoms with E-state index in [1.165, 1.54) is 15.2 Å². The predicted molar refractivity (Wildman–Crippen MR) is 324 cm³/mol. The number of hydroxylamine groups is 6. The Morgan fingerprint density at radius 2 is 0.612 bits per heavy atom.